The van der Waals surface area contributed by atoms with Gasteiger partial charge in [-0.1, -0.05) is 25.6 Å². The Hall–Kier alpha value is -0.980. The first kappa shape index (κ1) is 8.12. The van der Waals surface area contributed by atoms with E-state index in [4.69, 9.17) is 4.74 Å². The lowest BCUT2D eigenvalue weighted by atomic mass is 10.1. The maximum absolute atomic E-state index is 5.43. The molecule has 1 aliphatic rings. The molecule has 0 aliphatic carbocycles. The zero-order chi connectivity index (χ0) is 6.97. The third kappa shape index (κ3) is 1.23. The fourth-order valence-electron chi connectivity index (χ4n) is 1.38. The Morgan fingerprint density at radius 2 is 2.18 bits per heavy atom. The smallest absolute Gasteiger partial charge is 0.125 e. The molecule has 1 aromatic rings. The summed E-state index contributed by atoms with van der Waals surface area (Å²) < 4.78 is 5.43. The van der Waals surface area contributed by atoms with E-state index in [9.17, 15) is 0 Å². The lowest BCUT2D eigenvalue weighted by Crippen LogP contribution is -1.87. The highest BCUT2D eigenvalue weighted by Crippen LogP contribution is 2.28. The van der Waals surface area contributed by atoms with Gasteiger partial charge in [0.15, 0.2) is 0 Å². The van der Waals surface area contributed by atoms with Gasteiger partial charge in [-0.15, -0.1) is 0 Å². The molecule has 0 N–H and O–H groups in total. The van der Waals surface area contributed by atoms with Gasteiger partial charge in [-0.05, 0) is 18.1 Å². The molecule has 11 heavy (non-hydrogen) atoms. The molecule has 0 saturated carbocycles. The second-order valence-electron chi connectivity index (χ2n) is 2.66. The van der Waals surface area contributed by atoms with Crippen LogP contribution in [-0.2, 0) is 6.42 Å². The average Bonchev–Trinajstić information content (AvgIpc) is 2.36. The molecule has 0 atom stereocenters. The Bertz CT molecular complexity index is 253. The van der Waals surface area contributed by atoms with Crippen LogP contribution in [0, 0.1) is 6.92 Å². The van der Waals surface area contributed by atoms with Gasteiger partial charge in [0.05, 0.1) is 6.61 Å². The second-order valence-corrected chi connectivity index (χ2v) is 2.66. The van der Waals surface area contributed by atoms with Crippen LogP contribution in [0.4, 0.5) is 0 Å². The zero-order valence-electron chi connectivity index (χ0n) is 6.05. The topological polar surface area (TPSA) is 9.23 Å². The van der Waals surface area contributed by atoms with Crippen molar-refractivity contribution in [2.45, 2.75) is 20.8 Å². The van der Waals surface area contributed by atoms with Gasteiger partial charge in [0.2, 0.25) is 0 Å². The summed E-state index contributed by atoms with van der Waals surface area (Å²) >= 11 is 0. The summed E-state index contributed by atoms with van der Waals surface area (Å²) in [4.78, 5) is 0. The van der Waals surface area contributed by atoms with Crippen LogP contribution in [-0.4, -0.2) is 6.61 Å². The monoisotopic (exact) mass is 150 g/mol. The molecule has 1 aliphatic heterocycles. The van der Waals surface area contributed by atoms with Crippen molar-refractivity contribution in [2.75, 3.05) is 6.61 Å². The molecule has 0 saturated heterocycles. The lowest BCUT2D eigenvalue weighted by molar-refractivity contribution is 0.354. The van der Waals surface area contributed by atoms with Crippen LogP contribution >= 0.6 is 0 Å². The van der Waals surface area contributed by atoms with E-state index >= 15 is 0 Å². The van der Waals surface area contributed by atoms with Crippen LogP contribution in [0.25, 0.3) is 0 Å². The molecule has 0 radical (unpaired) electrons. The molecule has 0 aromatic heterocycles. The Balaban J connectivity index is 0.000000605. The molecule has 1 nitrogen and oxygen atoms in total. The molecular formula is C10H14O. The summed E-state index contributed by atoms with van der Waals surface area (Å²) in [5.74, 6) is 1.11. The van der Waals surface area contributed by atoms with E-state index in [1.165, 1.54) is 11.1 Å². The standard InChI is InChI=1S/C9H10O.CH4/c1-7-3-2-4-8-5-6-10-9(7)8;/h2-4H,5-6H2,1H3;1H4. The van der Waals surface area contributed by atoms with Gasteiger partial charge in [0, 0.05) is 6.42 Å². The van der Waals surface area contributed by atoms with Crippen molar-refractivity contribution in [1.29, 1.82) is 0 Å². The maximum atomic E-state index is 5.43. The summed E-state index contributed by atoms with van der Waals surface area (Å²) in [5, 5.41) is 0. The molecular weight excluding hydrogens is 136 g/mol. The number of hydrogen-bond acceptors (Lipinski definition) is 1. The Kier molecular flexibility index (Phi) is 2.18. The highest BCUT2D eigenvalue weighted by atomic mass is 16.5. The predicted molar refractivity (Wildman–Crippen MR) is 47.1 cm³/mol. The van der Waals surface area contributed by atoms with Crippen LogP contribution in [0.5, 0.6) is 5.75 Å². The number of benzene rings is 1. The van der Waals surface area contributed by atoms with Crippen LogP contribution in [0.15, 0.2) is 18.2 Å². The minimum Gasteiger partial charge on any atom is -0.493 e. The third-order valence-corrected chi connectivity index (χ3v) is 1.91. The number of fused-ring (bicyclic) bond motifs is 1. The molecule has 0 unspecified atom stereocenters. The van der Waals surface area contributed by atoms with Gasteiger partial charge < -0.3 is 4.74 Å². The number of hydrogen-bond donors (Lipinski definition) is 0. The number of ether oxygens (including phenoxy) is 1. The highest BCUT2D eigenvalue weighted by molar-refractivity contribution is 5.42. The first-order valence-corrected chi connectivity index (χ1v) is 3.59. The van der Waals surface area contributed by atoms with E-state index in [0.29, 0.717) is 0 Å². The fraction of sp³-hybridized carbons (Fsp3) is 0.400. The summed E-state index contributed by atoms with van der Waals surface area (Å²) in [5.41, 5.74) is 2.62. The molecule has 60 valence electrons. The molecule has 0 bridgehead atoms. The second kappa shape index (κ2) is 2.95. The van der Waals surface area contributed by atoms with Crippen LogP contribution in [0.2, 0.25) is 0 Å². The summed E-state index contributed by atoms with van der Waals surface area (Å²) in [6.07, 6.45) is 1.08. The van der Waals surface area contributed by atoms with Crippen molar-refractivity contribution in [3.05, 3.63) is 29.3 Å². The van der Waals surface area contributed by atoms with Crippen molar-refractivity contribution < 1.29 is 4.74 Å². The SMILES string of the molecule is C.Cc1cccc2c1OCC2. The van der Waals surface area contributed by atoms with Crippen molar-refractivity contribution in [3.63, 3.8) is 0 Å². The zero-order valence-corrected chi connectivity index (χ0v) is 6.05. The Morgan fingerprint density at radius 1 is 1.36 bits per heavy atom. The summed E-state index contributed by atoms with van der Waals surface area (Å²) in [7, 11) is 0. The van der Waals surface area contributed by atoms with Gasteiger partial charge in [0.25, 0.3) is 0 Å². The van der Waals surface area contributed by atoms with Crippen LogP contribution in [0.1, 0.15) is 18.6 Å². The van der Waals surface area contributed by atoms with E-state index in [0.717, 1.165) is 18.8 Å². The quantitative estimate of drug-likeness (QED) is 0.552. The van der Waals surface area contributed by atoms with Gasteiger partial charge in [0.1, 0.15) is 5.75 Å². The molecule has 1 heterocycles. The van der Waals surface area contributed by atoms with Gasteiger partial charge in [-0.3, -0.25) is 0 Å². The van der Waals surface area contributed by atoms with E-state index < -0.39 is 0 Å². The van der Waals surface area contributed by atoms with Gasteiger partial charge in [-0.25, -0.2) is 0 Å². The molecule has 1 heteroatoms. The largest absolute Gasteiger partial charge is 0.493 e. The molecule has 0 amide bonds. The molecule has 1 aromatic carbocycles. The van der Waals surface area contributed by atoms with E-state index in [2.05, 4.69) is 25.1 Å². The van der Waals surface area contributed by atoms with E-state index in [-0.39, 0.29) is 7.43 Å². The predicted octanol–water partition coefficient (Wildman–Crippen LogP) is 2.57. The van der Waals surface area contributed by atoms with Crippen molar-refractivity contribution >= 4 is 0 Å². The first-order valence-electron chi connectivity index (χ1n) is 3.59. The maximum Gasteiger partial charge on any atom is 0.125 e. The van der Waals surface area contributed by atoms with Crippen LogP contribution in [0.3, 0.4) is 0 Å². The summed E-state index contributed by atoms with van der Waals surface area (Å²) in [6.45, 7) is 2.95. The fourth-order valence-corrected chi connectivity index (χ4v) is 1.38. The Labute approximate surface area is 68.0 Å². The van der Waals surface area contributed by atoms with Crippen LogP contribution < -0.4 is 4.74 Å². The number of para-hydroxylation sites is 1. The number of rotatable bonds is 0. The van der Waals surface area contributed by atoms with Gasteiger partial charge in [-0.2, -0.15) is 0 Å². The molecule has 0 fully saturated rings. The Morgan fingerprint density at radius 3 is 2.91 bits per heavy atom. The minimum absolute atomic E-state index is 0. The van der Waals surface area contributed by atoms with Crippen molar-refractivity contribution in [2.24, 2.45) is 0 Å². The highest BCUT2D eigenvalue weighted by Gasteiger charge is 2.12. The third-order valence-electron chi connectivity index (χ3n) is 1.91. The average molecular weight is 150 g/mol. The van der Waals surface area contributed by atoms with E-state index in [1.807, 2.05) is 0 Å². The van der Waals surface area contributed by atoms with Gasteiger partial charge >= 0.3 is 0 Å². The summed E-state index contributed by atoms with van der Waals surface area (Å²) in [6, 6.07) is 6.31. The van der Waals surface area contributed by atoms with E-state index in [1.54, 1.807) is 0 Å². The van der Waals surface area contributed by atoms with Crippen molar-refractivity contribution in [1.82, 2.24) is 0 Å². The molecule has 0 spiro atoms. The lowest BCUT2D eigenvalue weighted by Gasteiger charge is -2.00. The minimum atomic E-state index is 0. The number of aryl methyl sites for hydroxylation is 1. The first-order chi connectivity index (χ1) is 4.88. The molecule has 2 rings (SSSR count). The normalized spacial score (nSPS) is 13.2. The van der Waals surface area contributed by atoms with Crippen molar-refractivity contribution in [3.8, 4) is 5.75 Å².